The molecule has 1 amide bonds. The van der Waals surface area contributed by atoms with Gasteiger partial charge in [0.05, 0.1) is 6.04 Å². The third kappa shape index (κ3) is 4.01. The first-order valence-corrected chi connectivity index (χ1v) is 6.49. The van der Waals surface area contributed by atoms with Crippen molar-refractivity contribution in [2.45, 2.75) is 6.04 Å². The third-order valence-electron chi connectivity index (χ3n) is 2.57. The maximum Gasteiger partial charge on any atom is 0.240 e. The zero-order valence-electron chi connectivity index (χ0n) is 9.82. The van der Waals surface area contributed by atoms with Gasteiger partial charge in [0.2, 0.25) is 5.91 Å². The highest BCUT2D eigenvalue weighted by molar-refractivity contribution is 7.99. The Balaban J connectivity index is 2.49. The van der Waals surface area contributed by atoms with E-state index in [4.69, 9.17) is 0 Å². The molecular weight excluding hydrogens is 210 g/mol. The van der Waals surface area contributed by atoms with Gasteiger partial charge in [-0.3, -0.25) is 4.79 Å². The van der Waals surface area contributed by atoms with Crippen molar-refractivity contribution in [1.29, 1.82) is 0 Å². The lowest BCUT2D eigenvalue weighted by atomic mass is 10.3. The Kier molecular flexibility index (Phi) is 5.42. The molecule has 1 N–H and O–H groups in total. The van der Waals surface area contributed by atoms with Crippen molar-refractivity contribution >= 4 is 17.7 Å². The van der Waals surface area contributed by atoms with Crippen molar-refractivity contribution in [1.82, 2.24) is 15.1 Å². The van der Waals surface area contributed by atoms with Crippen LogP contribution in [0.5, 0.6) is 0 Å². The summed E-state index contributed by atoms with van der Waals surface area (Å²) in [6.45, 7) is 2.66. The van der Waals surface area contributed by atoms with Gasteiger partial charge in [-0.2, -0.15) is 11.8 Å². The number of carbonyl (C=O) groups is 1. The number of carbonyl (C=O) groups excluding carboxylic acids is 1. The van der Waals surface area contributed by atoms with Crippen LogP contribution in [0.3, 0.4) is 0 Å². The number of amides is 1. The Morgan fingerprint density at radius 1 is 1.60 bits per heavy atom. The second-order valence-corrected chi connectivity index (χ2v) is 5.19. The van der Waals surface area contributed by atoms with Gasteiger partial charge < -0.3 is 15.1 Å². The molecule has 0 aromatic heterocycles. The van der Waals surface area contributed by atoms with E-state index in [1.165, 1.54) is 0 Å². The summed E-state index contributed by atoms with van der Waals surface area (Å²) >= 11 is 1.85. The molecule has 1 unspecified atom stereocenters. The van der Waals surface area contributed by atoms with E-state index in [1.807, 2.05) is 37.8 Å². The molecule has 0 radical (unpaired) electrons. The first kappa shape index (κ1) is 12.8. The molecule has 88 valence electrons. The molecule has 1 aliphatic rings. The Hall–Kier alpha value is -0.260. The van der Waals surface area contributed by atoms with Gasteiger partial charge in [-0.05, 0) is 21.1 Å². The van der Waals surface area contributed by atoms with E-state index in [0.717, 1.165) is 31.1 Å². The number of likely N-dealkylation sites (N-methyl/N-ethyl adjacent to an activating group) is 2. The Labute approximate surface area is 96.4 Å². The highest BCUT2D eigenvalue weighted by atomic mass is 32.2. The minimum atomic E-state index is -0.000313. The van der Waals surface area contributed by atoms with Gasteiger partial charge in [0.25, 0.3) is 0 Å². The van der Waals surface area contributed by atoms with Crippen LogP contribution in [-0.2, 0) is 4.79 Å². The smallest absolute Gasteiger partial charge is 0.240 e. The summed E-state index contributed by atoms with van der Waals surface area (Å²) in [6, 6.07) is -0.000313. The lowest BCUT2D eigenvalue weighted by Crippen LogP contribution is -2.47. The molecule has 0 bridgehead atoms. The summed E-state index contributed by atoms with van der Waals surface area (Å²) in [4.78, 5) is 16.1. The third-order valence-corrected chi connectivity index (χ3v) is 3.61. The van der Waals surface area contributed by atoms with E-state index in [2.05, 4.69) is 10.2 Å². The van der Waals surface area contributed by atoms with Crippen LogP contribution < -0.4 is 5.32 Å². The van der Waals surface area contributed by atoms with Crippen molar-refractivity contribution in [2.24, 2.45) is 0 Å². The second kappa shape index (κ2) is 6.35. The molecule has 4 nitrogen and oxygen atoms in total. The average Bonchev–Trinajstić information content (AvgIpc) is 2.37. The van der Waals surface area contributed by atoms with Crippen LogP contribution in [0.2, 0.25) is 0 Å². The summed E-state index contributed by atoms with van der Waals surface area (Å²) in [5.41, 5.74) is 0. The van der Waals surface area contributed by atoms with Crippen molar-refractivity contribution in [3.63, 3.8) is 0 Å². The van der Waals surface area contributed by atoms with Crippen LogP contribution in [0.25, 0.3) is 0 Å². The predicted molar refractivity (Wildman–Crippen MR) is 65.3 cm³/mol. The summed E-state index contributed by atoms with van der Waals surface area (Å²) < 4.78 is 0. The van der Waals surface area contributed by atoms with Gasteiger partial charge in [-0.15, -0.1) is 0 Å². The van der Waals surface area contributed by atoms with E-state index < -0.39 is 0 Å². The van der Waals surface area contributed by atoms with E-state index in [9.17, 15) is 4.79 Å². The van der Waals surface area contributed by atoms with Gasteiger partial charge in [0.15, 0.2) is 0 Å². The van der Waals surface area contributed by atoms with Gasteiger partial charge >= 0.3 is 0 Å². The Morgan fingerprint density at radius 2 is 2.33 bits per heavy atom. The zero-order chi connectivity index (χ0) is 11.3. The van der Waals surface area contributed by atoms with Gasteiger partial charge in [0, 0.05) is 31.1 Å². The minimum absolute atomic E-state index is 0.000313. The summed E-state index contributed by atoms with van der Waals surface area (Å²) in [7, 11) is 5.93. The van der Waals surface area contributed by atoms with Crippen molar-refractivity contribution < 1.29 is 4.79 Å². The fourth-order valence-electron chi connectivity index (χ4n) is 1.53. The molecule has 1 aliphatic heterocycles. The van der Waals surface area contributed by atoms with E-state index in [1.54, 1.807) is 0 Å². The maximum absolute atomic E-state index is 12.0. The first-order valence-electron chi connectivity index (χ1n) is 5.33. The lowest BCUT2D eigenvalue weighted by Gasteiger charge is -2.25. The average molecular weight is 231 g/mol. The molecule has 1 saturated heterocycles. The van der Waals surface area contributed by atoms with Crippen LogP contribution >= 0.6 is 11.8 Å². The zero-order valence-corrected chi connectivity index (χ0v) is 10.6. The summed E-state index contributed by atoms with van der Waals surface area (Å²) in [6.07, 6.45) is 0. The van der Waals surface area contributed by atoms with Crippen LogP contribution in [0.4, 0.5) is 0 Å². The first-order chi connectivity index (χ1) is 7.15. The SMILES string of the molecule is CNC1CSCCN(CCN(C)C)C1=O. The van der Waals surface area contributed by atoms with Crippen LogP contribution in [0.15, 0.2) is 0 Å². The van der Waals surface area contributed by atoms with Crippen molar-refractivity contribution in [3.05, 3.63) is 0 Å². The van der Waals surface area contributed by atoms with E-state index in [-0.39, 0.29) is 11.9 Å². The van der Waals surface area contributed by atoms with Crippen LogP contribution in [-0.4, -0.2) is 74.0 Å². The molecule has 0 aromatic rings. The largest absolute Gasteiger partial charge is 0.339 e. The molecular formula is C10H21N3OS. The maximum atomic E-state index is 12.0. The molecule has 5 heteroatoms. The summed E-state index contributed by atoms with van der Waals surface area (Å²) in [5.74, 6) is 2.20. The normalized spacial score (nSPS) is 23.3. The molecule has 1 heterocycles. The fraction of sp³-hybridized carbons (Fsp3) is 0.900. The Morgan fingerprint density at radius 3 is 2.93 bits per heavy atom. The predicted octanol–water partition coefficient (Wildman–Crippen LogP) is -0.289. The highest BCUT2D eigenvalue weighted by Gasteiger charge is 2.25. The summed E-state index contributed by atoms with van der Waals surface area (Å²) in [5, 5.41) is 3.09. The van der Waals surface area contributed by atoms with Crippen LogP contribution in [0.1, 0.15) is 0 Å². The molecule has 0 spiro atoms. The van der Waals surface area contributed by atoms with Gasteiger partial charge in [0.1, 0.15) is 0 Å². The number of rotatable bonds is 4. The molecule has 1 atom stereocenters. The van der Waals surface area contributed by atoms with Crippen molar-refractivity contribution in [2.75, 3.05) is 52.3 Å². The molecule has 1 fully saturated rings. The topological polar surface area (TPSA) is 35.6 Å². The van der Waals surface area contributed by atoms with Crippen LogP contribution in [0, 0.1) is 0 Å². The number of nitrogens with zero attached hydrogens (tertiary/aromatic N) is 2. The molecule has 1 rings (SSSR count). The minimum Gasteiger partial charge on any atom is -0.339 e. The van der Waals surface area contributed by atoms with Gasteiger partial charge in [-0.1, -0.05) is 0 Å². The second-order valence-electron chi connectivity index (χ2n) is 4.04. The molecule has 0 saturated carbocycles. The van der Waals surface area contributed by atoms with E-state index in [0.29, 0.717) is 0 Å². The number of thioether (sulfide) groups is 1. The molecule has 15 heavy (non-hydrogen) atoms. The quantitative estimate of drug-likeness (QED) is 0.721. The van der Waals surface area contributed by atoms with Crippen molar-refractivity contribution in [3.8, 4) is 0 Å². The van der Waals surface area contributed by atoms with E-state index >= 15 is 0 Å². The highest BCUT2D eigenvalue weighted by Crippen LogP contribution is 2.11. The van der Waals surface area contributed by atoms with Gasteiger partial charge in [-0.25, -0.2) is 0 Å². The molecule has 0 aliphatic carbocycles. The lowest BCUT2D eigenvalue weighted by molar-refractivity contribution is -0.132. The fourth-order valence-corrected chi connectivity index (χ4v) is 2.59. The molecule has 0 aromatic carbocycles. The Bertz CT molecular complexity index is 211. The number of nitrogens with one attached hydrogen (secondary N) is 1. The number of hydrogen-bond donors (Lipinski definition) is 1. The number of hydrogen-bond acceptors (Lipinski definition) is 4. The monoisotopic (exact) mass is 231 g/mol. The standard InChI is InChI=1S/C10H21N3OS/c1-11-9-8-15-7-6-13(10(9)14)5-4-12(2)3/h9,11H,4-8H2,1-3H3.